The summed E-state index contributed by atoms with van der Waals surface area (Å²) >= 11 is -2.16. The molecule has 2 aromatic heterocycles. The second kappa shape index (κ2) is 11.2. The fourth-order valence-corrected chi connectivity index (χ4v) is 15.5. The fourth-order valence-electron chi connectivity index (χ4n) is 8.97. The number of ether oxygens (including phenoxy) is 1. The van der Waals surface area contributed by atoms with Gasteiger partial charge in [0.2, 0.25) is 0 Å². The first-order chi connectivity index (χ1) is 26.3. The molecule has 0 N–H and O–H groups in total. The van der Waals surface area contributed by atoms with Gasteiger partial charge in [0.15, 0.2) is 0 Å². The van der Waals surface area contributed by atoms with Crippen LogP contribution in [-0.4, -0.2) is 15.8 Å². The molecule has 53 heavy (non-hydrogen) atoms. The van der Waals surface area contributed by atoms with E-state index in [2.05, 4.69) is 191 Å². The number of hydrogen-bond donors (Lipinski definition) is 0. The molecule has 0 saturated carbocycles. The van der Waals surface area contributed by atoms with Crippen molar-refractivity contribution in [1.29, 1.82) is 0 Å². The molecule has 0 saturated heterocycles. The van der Waals surface area contributed by atoms with E-state index in [1.165, 1.54) is 70.7 Å². The first-order valence-electron chi connectivity index (χ1n) is 18.1. The van der Waals surface area contributed by atoms with E-state index in [-0.39, 0.29) is 6.71 Å². The summed E-state index contributed by atoms with van der Waals surface area (Å²) in [6.07, 6.45) is 0. The van der Waals surface area contributed by atoms with E-state index < -0.39 is 19.8 Å². The molecule has 0 atom stereocenters. The van der Waals surface area contributed by atoms with Crippen LogP contribution < -0.4 is 21.1 Å². The predicted octanol–water partition coefficient (Wildman–Crippen LogP) is 10.2. The number of benzene rings is 8. The maximum absolute atomic E-state index is 6.98. The summed E-state index contributed by atoms with van der Waals surface area (Å²) in [5, 5.41) is 5.03. The first-order valence-corrected chi connectivity index (χ1v) is 21.4. The number of fused-ring (bicyclic) bond motifs is 10. The topological polar surface area (TPSA) is 19.1 Å². The Hall–Kier alpha value is -6.05. The molecule has 0 radical (unpaired) electrons. The van der Waals surface area contributed by atoms with E-state index in [1.54, 1.807) is 0 Å². The molecule has 0 amide bonds. The van der Waals surface area contributed by atoms with Gasteiger partial charge in [0.05, 0.1) is 0 Å². The van der Waals surface area contributed by atoms with Crippen LogP contribution in [0.25, 0.3) is 55.0 Å². The second-order valence-corrected chi connectivity index (χ2v) is 19.1. The van der Waals surface area contributed by atoms with E-state index in [0.717, 1.165) is 22.9 Å². The molecular formula is C48H30BIN2O. The number of nitrogens with zero attached hydrogens (tertiary/aromatic N) is 2. The molecule has 8 aromatic carbocycles. The number of para-hydroxylation sites is 4. The molecule has 10 aromatic rings. The van der Waals surface area contributed by atoms with Gasteiger partial charge in [0.1, 0.15) is 0 Å². The summed E-state index contributed by atoms with van der Waals surface area (Å²) in [6, 6.07) is 67.2. The van der Waals surface area contributed by atoms with Crippen molar-refractivity contribution in [3.63, 3.8) is 0 Å². The molecule has 248 valence electrons. The monoisotopic (exact) mass is 788 g/mol. The fraction of sp³-hybridized carbons (Fsp3) is 0. The summed E-state index contributed by atoms with van der Waals surface area (Å²) in [7, 11) is 0. The van der Waals surface area contributed by atoms with E-state index in [0.29, 0.717) is 0 Å². The normalized spacial score (nSPS) is 13.7. The number of hydrogen-bond acceptors (Lipinski definition) is 1. The Morgan fingerprint density at radius 2 is 0.981 bits per heavy atom. The Bertz CT molecular complexity index is 3110. The Labute approximate surface area is 314 Å². The summed E-state index contributed by atoms with van der Waals surface area (Å²) in [5.74, 6) is 1.92. The van der Waals surface area contributed by atoms with Gasteiger partial charge in [-0.2, -0.15) is 0 Å². The van der Waals surface area contributed by atoms with Crippen LogP contribution in [0, 0.1) is 10.7 Å². The summed E-state index contributed by atoms with van der Waals surface area (Å²) in [5.41, 5.74) is 11.1. The van der Waals surface area contributed by atoms with Crippen molar-refractivity contribution in [2.45, 2.75) is 0 Å². The van der Waals surface area contributed by atoms with E-state index in [4.69, 9.17) is 4.74 Å². The Morgan fingerprint density at radius 3 is 1.72 bits per heavy atom. The third-order valence-electron chi connectivity index (χ3n) is 11.1. The van der Waals surface area contributed by atoms with Crippen LogP contribution in [0.1, 0.15) is 0 Å². The van der Waals surface area contributed by atoms with Crippen molar-refractivity contribution >= 4 is 86.5 Å². The molecule has 2 aliphatic heterocycles. The average molecular weight is 788 g/mol. The van der Waals surface area contributed by atoms with Gasteiger partial charge >= 0.3 is 316 Å². The van der Waals surface area contributed by atoms with Crippen LogP contribution in [0.4, 0.5) is 0 Å². The van der Waals surface area contributed by atoms with Gasteiger partial charge in [-0.25, -0.2) is 0 Å². The molecule has 0 aliphatic carbocycles. The predicted molar refractivity (Wildman–Crippen MR) is 229 cm³/mol. The third-order valence-corrected chi connectivity index (χ3v) is 17.3. The molecule has 4 heterocycles. The van der Waals surface area contributed by atoms with Crippen LogP contribution in [-0.2, 0) is 0 Å². The molecule has 12 rings (SSSR count). The first kappa shape index (κ1) is 29.5. The zero-order valence-electron chi connectivity index (χ0n) is 28.6. The van der Waals surface area contributed by atoms with Crippen molar-refractivity contribution < 1.29 is 4.74 Å². The van der Waals surface area contributed by atoms with E-state index in [1.807, 2.05) is 0 Å². The van der Waals surface area contributed by atoms with Gasteiger partial charge in [-0.3, -0.25) is 0 Å². The van der Waals surface area contributed by atoms with Crippen LogP contribution in [0.3, 0.4) is 0 Å². The van der Waals surface area contributed by atoms with Crippen LogP contribution in [0.2, 0.25) is 0 Å². The molecule has 0 bridgehead atoms. The van der Waals surface area contributed by atoms with Crippen LogP contribution in [0.15, 0.2) is 182 Å². The minimum absolute atomic E-state index is 0.131. The van der Waals surface area contributed by atoms with Crippen LogP contribution in [0.5, 0.6) is 11.5 Å². The molecule has 0 unspecified atom stereocenters. The van der Waals surface area contributed by atoms with Gasteiger partial charge in [0.25, 0.3) is 0 Å². The number of halogens is 1. The van der Waals surface area contributed by atoms with E-state index in [9.17, 15) is 0 Å². The summed E-state index contributed by atoms with van der Waals surface area (Å²) in [6.45, 7) is 0.131. The molecule has 5 heteroatoms. The maximum atomic E-state index is 6.98. The van der Waals surface area contributed by atoms with E-state index >= 15 is 0 Å². The van der Waals surface area contributed by atoms with Gasteiger partial charge in [-0.05, 0) is 0 Å². The Balaban J connectivity index is 1.20. The molecular weight excluding hydrogens is 758 g/mol. The zero-order chi connectivity index (χ0) is 34.6. The Morgan fingerprint density at radius 1 is 0.396 bits per heavy atom. The summed E-state index contributed by atoms with van der Waals surface area (Å²) < 4.78 is 16.3. The Kier molecular flexibility index (Phi) is 6.25. The summed E-state index contributed by atoms with van der Waals surface area (Å²) in [4.78, 5) is 0. The quantitative estimate of drug-likeness (QED) is 0.129. The molecule has 0 spiro atoms. The molecule has 3 nitrogen and oxygen atoms in total. The zero-order valence-corrected chi connectivity index (χ0v) is 30.7. The van der Waals surface area contributed by atoms with Crippen molar-refractivity contribution in [2.75, 3.05) is 0 Å². The van der Waals surface area contributed by atoms with Gasteiger partial charge in [-0.15, -0.1) is 0 Å². The standard InChI is InChI=1S/C48H30BIN2O/c1-3-15-31(16-4-1)50-40-23-11-9-21-38(40)49-39-22-10-14-26-46(39)53-47-28-33(27-41(50)48(47)49)52-43-25-13-8-20-35(43)37-29-36-34-19-7-12-24-42(34)51(44(36)30-45(37)52)32-17-5-2-6-18-32/h1-30H. The SMILES string of the molecule is c1ccc(-n2c3ccccc3c3cc4c5ccccc5n(-c5cc6c7c(c5)I(c5ccccc5)c5ccccc5B7c5ccccc5O6)c4cc32)cc1. The van der Waals surface area contributed by atoms with Crippen molar-refractivity contribution in [2.24, 2.45) is 0 Å². The number of rotatable bonds is 3. The second-order valence-electron chi connectivity index (χ2n) is 13.9. The van der Waals surface area contributed by atoms with Crippen LogP contribution >= 0.6 is 19.8 Å². The molecule has 0 fully saturated rings. The minimum atomic E-state index is -2.16. The van der Waals surface area contributed by atoms with Crippen molar-refractivity contribution in [3.05, 3.63) is 193 Å². The number of aromatic nitrogens is 2. The molecule has 2 aliphatic rings. The van der Waals surface area contributed by atoms with Gasteiger partial charge < -0.3 is 0 Å². The van der Waals surface area contributed by atoms with Crippen molar-refractivity contribution in [1.82, 2.24) is 9.13 Å². The average Bonchev–Trinajstić information content (AvgIpc) is 3.72. The third kappa shape index (κ3) is 4.17. The van der Waals surface area contributed by atoms with Gasteiger partial charge in [-0.1, -0.05) is 0 Å². The van der Waals surface area contributed by atoms with Crippen molar-refractivity contribution in [3.8, 4) is 22.9 Å². The van der Waals surface area contributed by atoms with Gasteiger partial charge in [0, 0.05) is 0 Å².